The SMILES string of the molecule is NCCCn1nnnc1Cc1ccccc1F. The standard InChI is InChI=1S/C11H14FN5/c12-10-5-2-1-4-9(10)8-11-14-15-16-17(11)7-3-6-13/h1-2,4-5H,3,6-8,13H2. The van der Waals surface area contributed by atoms with Gasteiger partial charge in [-0.05, 0) is 35.0 Å². The molecule has 0 saturated heterocycles. The minimum atomic E-state index is -0.235. The van der Waals surface area contributed by atoms with Gasteiger partial charge in [0.05, 0.1) is 0 Å². The maximum atomic E-state index is 13.5. The Morgan fingerprint density at radius 2 is 2.12 bits per heavy atom. The first-order valence-corrected chi connectivity index (χ1v) is 5.50. The van der Waals surface area contributed by atoms with Gasteiger partial charge in [-0.25, -0.2) is 9.07 Å². The number of rotatable bonds is 5. The van der Waals surface area contributed by atoms with Gasteiger partial charge in [-0.1, -0.05) is 18.2 Å². The summed E-state index contributed by atoms with van der Waals surface area (Å²) in [6.07, 6.45) is 1.19. The molecule has 0 amide bonds. The molecule has 2 N–H and O–H groups in total. The molecule has 1 heterocycles. The molecule has 90 valence electrons. The van der Waals surface area contributed by atoms with Gasteiger partial charge in [0.1, 0.15) is 5.82 Å². The molecule has 2 aromatic rings. The van der Waals surface area contributed by atoms with Gasteiger partial charge in [0.2, 0.25) is 0 Å². The van der Waals surface area contributed by atoms with Crippen LogP contribution in [-0.4, -0.2) is 26.8 Å². The Balaban J connectivity index is 2.13. The number of aryl methyl sites for hydroxylation is 1. The predicted molar refractivity (Wildman–Crippen MR) is 60.7 cm³/mol. The summed E-state index contributed by atoms with van der Waals surface area (Å²) in [7, 11) is 0. The molecule has 1 aromatic carbocycles. The van der Waals surface area contributed by atoms with Crippen LogP contribution < -0.4 is 5.73 Å². The highest BCUT2D eigenvalue weighted by atomic mass is 19.1. The zero-order valence-corrected chi connectivity index (χ0v) is 9.38. The van der Waals surface area contributed by atoms with E-state index in [-0.39, 0.29) is 5.82 Å². The second kappa shape index (κ2) is 5.49. The van der Waals surface area contributed by atoms with E-state index in [1.165, 1.54) is 6.07 Å². The summed E-state index contributed by atoms with van der Waals surface area (Å²) in [6, 6.07) is 6.63. The van der Waals surface area contributed by atoms with Gasteiger partial charge < -0.3 is 5.73 Å². The molecule has 2 rings (SSSR count). The number of nitrogens with two attached hydrogens (primary N) is 1. The largest absolute Gasteiger partial charge is 0.330 e. The summed E-state index contributed by atoms with van der Waals surface area (Å²) < 4.78 is 15.1. The van der Waals surface area contributed by atoms with Crippen LogP contribution in [0.15, 0.2) is 24.3 Å². The van der Waals surface area contributed by atoms with Crippen molar-refractivity contribution in [2.24, 2.45) is 5.73 Å². The third-order valence-corrected chi connectivity index (χ3v) is 2.49. The van der Waals surface area contributed by atoms with Crippen molar-refractivity contribution in [1.82, 2.24) is 20.2 Å². The maximum absolute atomic E-state index is 13.5. The van der Waals surface area contributed by atoms with Crippen molar-refractivity contribution in [2.45, 2.75) is 19.4 Å². The van der Waals surface area contributed by atoms with Crippen LogP contribution in [0.25, 0.3) is 0 Å². The summed E-state index contributed by atoms with van der Waals surface area (Å²) >= 11 is 0. The van der Waals surface area contributed by atoms with Crippen molar-refractivity contribution in [2.75, 3.05) is 6.54 Å². The van der Waals surface area contributed by atoms with Crippen LogP contribution in [0.1, 0.15) is 17.8 Å². The fraction of sp³-hybridized carbons (Fsp3) is 0.364. The van der Waals surface area contributed by atoms with Gasteiger partial charge in [-0.3, -0.25) is 0 Å². The highest BCUT2D eigenvalue weighted by Gasteiger charge is 2.09. The molecule has 6 heteroatoms. The van der Waals surface area contributed by atoms with Crippen molar-refractivity contribution in [1.29, 1.82) is 0 Å². The molecular weight excluding hydrogens is 221 g/mol. The molecule has 0 spiro atoms. The van der Waals surface area contributed by atoms with Crippen molar-refractivity contribution in [3.8, 4) is 0 Å². The fourth-order valence-electron chi connectivity index (χ4n) is 1.58. The molecule has 0 atom stereocenters. The molecule has 0 aliphatic heterocycles. The number of halogens is 1. The van der Waals surface area contributed by atoms with Gasteiger partial charge in [0.25, 0.3) is 0 Å². The molecule has 17 heavy (non-hydrogen) atoms. The van der Waals surface area contributed by atoms with Crippen molar-refractivity contribution in [3.05, 3.63) is 41.5 Å². The van der Waals surface area contributed by atoms with E-state index in [0.717, 1.165) is 6.42 Å². The second-order valence-electron chi connectivity index (χ2n) is 3.73. The molecule has 0 saturated carbocycles. The Morgan fingerprint density at radius 1 is 1.29 bits per heavy atom. The number of hydrogen-bond donors (Lipinski definition) is 1. The monoisotopic (exact) mass is 235 g/mol. The van der Waals surface area contributed by atoms with E-state index >= 15 is 0 Å². The number of tetrazole rings is 1. The molecule has 0 unspecified atom stereocenters. The van der Waals surface area contributed by atoms with Crippen LogP contribution in [0.2, 0.25) is 0 Å². The molecule has 0 bridgehead atoms. The van der Waals surface area contributed by atoms with Crippen molar-refractivity contribution >= 4 is 0 Å². The van der Waals surface area contributed by atoms with E-state index in [1.807, 2.05) is 0 Å². The normalized spacial score (nSPS) is 10.7. The lowest BCUT2D eigenvalue weighted by Crippen LogP contribution is -2.11. The number of nitrogens with zero attached hydrogens (tertiary/aromatic N) is 4. The fourth-order valence-corrected chi connectivity index (χ4v) is 1.58. The average molecular weight is 235 g/mol. The second-order valence-corrected chi connectivity index (χ2v) is 3.73. The Hall–Kier alpha value is -1.82. The van der Waals surface area contributed by atoms with Crippen LogP contribution in [0.4, 0.5) is 4.39 Å². The topological polar surface area (TPSA) is 69.6 Å². The molecule has 0 aliphatic carbocycles. The molecule has 5 nitrogen and oxygen atoms in total. The third-order valence-electron chi connectivity index (χ3n) is 2.49. The maximum Gasteiger partial charge on any atom is 0.155 e. The molecule has 1 aromatic heterocycles. The number of aromatic nitrogens is 4. The molecular formula is C11H14FN5. The van der Waals surface area contributed by atoms with Crippen molar-refractivity contribution < 1.29 is 4.39 Å². The third kappa shape index (κ3) is 2.85. The van der Waals surface area contributed by atoms with E-state index in [1.54, 1.807) is 22.9 Å². The Morgan fingerprint density at radius 3 is 2.88 bits per heavy atom. The quantitative estimate of drug-likeness (QED) is 0.830. The minimum absolute atomic E-state index is 0.235. The van der Waals surface area contributed by atoms with Gasteiger partial charge in [-0.2, -0.15) is 0 Å². The predicted octanol–water partition coefficient (Wildman–Crippen LogP) is 0.752. The first kappa shape index (κ1) is 11.7. The smallest absolute Gasteiger partial charge is 0.155 e. The lowest BCUT2D eigenvalue weighted by atomic mass is 10.1. The first-order chi connectivity index (χ1) is 8.31. The highest BCUT2D eigenvalue weighted by Crippen LogP contribution is 2.10. The molecule has 0 fully saturated rings. The molecule has 0 radical (unpaired) electrons. The summed E-state index contributed by atoms with van der Waals surface area (Å²) in [6.45, 7) is 1.24. The number of benzene rings is 1. The van der Waals surface area contributed by atoms with Crippen molar-refractivity contribution in [3.63, 3.8) is 0 Å². The summed E-state index contributed by atoms with van der Waals surface area (Å²) in [4.78, 5) is 0. The van der Waals surface area contributed by atoms with E-state index in [0.29, 0.717) is 30.9 Å². The highest BCUT2D eigenvalue weighted by molar-refractivity contribution is 5.20. The summed E-state index contributed by atoms with van der Waals surface area (Å²) in [5.74, 6) is 0.421. The van der Waals surface area contributed by atoms with Crippen LogP contribution in [0.3, 0.4) is 0 Å². The van der Waals surface area contributed by atoms with E-state index in [2.05, 4.69) is 15.5 Å². The minimum Gasteiger partial charge on any atom is -0.330 e. The first-order valence-electron chi connectivity index (χ1n) is 5.50. The van der Waals surface area contributed by atoms with Crippen LogP contribution >= 0.6 is 0 Å². The van der Waals surface area contributed by atoms with Crippen LogP contribution in [-0.2, 0) is 13.0 Å². The van der Waals surface area contributed by atoms with Gasteiger partial charge in [0.15, 0.2) is 5.82 Å². The Bertz CT molecular complexity index is 482. The van der Waals surface area contributed by atoms with Gasteiger partial charge in [-0.15, -0.1) is 5.10 Å². The Kier molecular flexibility index (Phi) is 3.77. The lowest BCUT2D eigenvalue weighted by Gasteiger charge is -2.04. The zero-order valence-electron chi connectivity index (χ0n) is 9.38. The van der Waals surface area contributed by atoms with Crippen LogP contribution in [0.5, 0.6) is 0 Å². The van der Waals surface area contributed by atoms with E-state index < -0.39 is 0 Å². The molecule has 0 aliphatic rings. The average Bonchev–Trinajstić information content (AvgIpc) is 2.77. The summed E-state index contributed by atoms with van der Waals surface area (Å²) in [5, 5.41) is 11.4. The van der Waals surface area contributed by atoms with Crippen LogP contribution in [0, 0.1) is 5.82 Å². The van der Waals surface area contributed by atoms with Gasteiger partial charge >= 0.3 is 0 Å². The zero-order chi connectivity index (χ0) is 12.1. The van der Waals surface area contributed by atoms with E-state index in [9.17, 15) is 4.39 Å². The lowest BCUT2D eigenvalue weighted by molar-refractivity contribution is 0.543. The summed E-state index contributed by atoms with van der Waals surface area (Å²) in [5.41, 5.74) is 6.02. The number of hydrogen-bond acceptors (Lipinski definition) is 4. The van der Waals surface area contributed by atoms with E-state index in [4.69, 9.17) is 5.73 Å². The Labute approximate surface area is 98.4 Å². The van der Waals surface area contributed by atoms with Gasteiger partial charge in [0, 0.05) is 13.0 Å².